The maximum Gasteiger partial charge on any atom is 0.187 e. The Kier molecular flexibility index (Phi) is 3.39. The minimum Gasteiger partial charge on any atom is -0.312 e. The van der Waals surface area contributed by atoms with Crippen LogP contribution in [0.15, 0.2) is 6.20 Å². The molecule has 3 atom stereocenters. The van der Waals surface area contributed by atoms with Gasteiger partial charge in [0.25, 0.3) is 0 Å². The molecule has 1 aliphatic heterocycles. The summed E-state index contributed by atoms with van der Waals surface area (Å²) in [4.78, 5) is 12.5. The molecule has 0 bridgehead atoms. The van der Waals surface area contributed by atoms with E-state index in [0.29, 0.717) is 17.7 Å². The van der Waals surface area contributed by atoms with Crippen molar-refractivity contribution in [1.29, 1.82) is 0 Å². The fraction of sp³-hybridized carbons (Fsp3) is 0.786. The predicted octanol–water partition coefficient (Wildman–Crippen LogP) is 1.68. The Balaban J connectivity index is 1.67. The Morgan fingerprint density at radius 3 is 2.74 bits per heavy atom. The first-order chi connectivity index (χ1) is 9.15. The minimum absolute atomic E-state index is 0.149. The molecule has 1 aromatic rings. The van der Waals surface area contributed by atoms with Crippen LogP contribution in [-0.4, -0.2) is 33.9 Å². The van der Waals surface area contributed by atoms with E-state index >= 15 is 0 Å². The van der Waals surface area contributed by atoms with Crippen LogP contribution in [0.1, 0.15) is 49.6 Å². The average Bonchev–Trinajstić information content (AvgIpc) is 2.79. The van der Waals surface area contributed by atoms with Gasteiger partial charge in [0.2, 0.25) is 0 Å². The molecule has 0 aromatic carbocycles. The molecule has 2 heterocycles. The SMILES string of the molecule is CC1CCC(C(=O)c2cn(C3CNC3)nn2)CC1C. The summed E-state index contributed by atoms with van der Waals surface area (Å²) in [6, 6.07) is 0.374. The van der Waals surface area contributed by atoms with Gasteiger partial charge in [0.1, 0.15) is 5.69 Å². The zero-order valence-electron chi connectivity index (χ0n) is 11.7. The Morgan fingerprint density at radius 2 is 2.11 bits per heavy atom. The van der Waals surface area contributed by atoms with Gasteiger partial charge in [-0.05, 0) is 31.1 Å². The van der Waals surface area contributed by atoms with Crippen LogP contribution in [0.3, 0.4) is 0 Å². The van der Waals surface area contributed by atoms with Crippen molar-refractivity contribution < 1.29 is 4.79 Å². The van der Waals surface area contributed by atoms with Crippen molar-refractivity contribution in [3.63, 3.8) is 0 Å². The van der Waals surface area contributed by atoms with Gasteiger partial charge in [-0.3, -0.25) is 4.79 Å². The number of hydrogen-bond acceptors (Lipinski definition) is 4. The standard InChI is InChI=1S/C14H22N4O/c1-9-3-4-11(5-10(9)2)14(19)13-8-18(17-16-13)12-6-15-7-12/h8-12,15H,3-7H2,1-2H3. The van der Waals surface area contributed by atoms with Crippen molar-refractivity contribution in [2.75, 3.05) is 13.1 Å². The summed E-state index contributed by atoms with van der Waals surface area (Å²) >= 11 is 0. The van der Waals surface area contributed by atoms with Gasteiger partial charge < -0.3 is 5.32 Å². The van der Waals surface area contributed by atoms with Crippen molar-refractivity contribution in [1.82, 2.24) is 20.3 Å². The van der Waals surface area contributed by atoms with Crippen LogP contribution < -0.4 is 5.32 Å². The molecule has 5 nitrogen and oxygen atoms in total. The Hall–Kier alpha value is -1.23. The molecule has 3 unspecified atom stereocenters. The Bertz CT molecular complexity index is 466. The molecule has 0 amide bonds. The zero-order chi connectivity index (χ0) is 13.4. The minimum atomic E-state index is 0.149. The number of nitrogens with zero attached hydrogens (tertiary/aromatic N) is 3. The highest BCUT2D eigenvalue weighted by Gasteiger charge is 2.31. The molecule has 1 aromatic heterocycles. The van der Waals surface area contributed by atoms with Gasteiger partial charge >= 0.3 is 0 Å². The van der Waals surface area contributed by atoms with Crippen LogP contribution in [0.25, 0.3) is 0 Å². The van der Waals surface area contributed by atoms with E-state index in [4.69, 9.17) is 0 Å². The second kappa shape index (κ2) is 5.04. The lowest BCUT2D eigenvalue weighted by Gasteiger charge is -2.30. The monoisotopic (exact) mass is 262 g/mol. The lowest BCUT2D eigenvalue weighted by Crippen LogP contribution is -2.43. The molecule has 1 saturated carbocycles. The number of Topliss-reactive ketones (excluding diaryl/α,β-unsaturated/α-hetero) is 1. The molecule has 2 aliphatic rings. The van der Waals surface area contributed by atoms with Gasteiger partial charge in [-0.2, -0.15) is 0 Å². The highest BCUT2D eigenvalue weighted by atomic mass is 16.1. The van der Waals surface area contributed by atoms with Crippen LogP contribution in [0.5, 0.6) is 0 Å². The fourth-order valence-electron chi connectivity index (χ4n) is 3.02. The topological polar surface area (TPSA) is 59.8 Å². The maximum atomic E-state index is 12.5. The Labute approximate surface area is 113 Å². The Morgan fingerprint density at radius 1 is 1.32 bits per heavy atom. The van der Waals surface area contributed by atoms with E-state index in [1.807, 2.05) is 10.9 Å². The van der Waals surface area contributed by atoms with Crippen LogP contribution >= 0.6 is 0 Å². The molecule has 0 spiro atoms. The van der Waals surface area contributed by atoms with E-state index in [-0.39, 0.29) is 11.7 Å². The van der Waals surface area contributed by atoms with E-state index in [0.717, 1.165) is 38.3 Å². The van der Waals surface area contributed by atoms with Crippen molar-refractivity contribution >= 4 is 5.78 Å². The van der Waals surface area contributed by atoms with Crippen LogP contribution in [0.2, 0.25) is 0 Å². The first-order valence-corrected chi connectivity index (χ1v) is 7.32. The third-order valence-corrected chi connectivity index (χ3v) is 4.87. The largest absolute Gasteiger partial charge is 0.312 e. The normalized spacial score (nSPS) is 32.0. The summed E-state index contributed by atoms with van der Waals surface area (Å²) < 4.78 is 1.83. The third kappa shape index (κ3) is 2.43. The van der Waals surface area contributed by atoms with Crippen LogP contribution in [0, 0.1) is 17.8 Å². The van der Waals surface area contributed by atoms with Crippen molar-refractivity contribution in [2.24, 2.45) is 17.8 Å². The fourth-order valence-corrected chi connectivity index (χ4v) is 3.02. The van der Waals surface area contributed by atoms with Gasteiger partial charge in [0, 0.05) is 19.0 Å². The highest BCUT2D eigenvalue weighted by molar-refractivity contribution is 5.95. The molecule has 1 aliphatic carbocycles. The number of aromatic nitrogens is 3. The summed E-state index contributed by atoms with van der Waals surface area (Å²) in [6.45, 7) is 6.39. The molecule has 2 fully saturated rings. The zero-order valence-corrected chi connectivity index (χ0v) is 11.7. The molecule has 3 rings (SSSR count). The van der Waals surface area contributed by atoms with Gasteiger partial charge in [-0.1, -0.05) is 19.1 Å². The lowest BCUT2D eigenvalue weighted by atomic mass is 9.74. The number of hydrogen-bond donors (Lipinski definition) is 1. The van der Waals surface area contributed by atoms with Crippen molar-refractivity contribution in [3.8, 4) is 0 Å². The van der Waals surface area contributed by atoms with Gasteiger partial charge in [0.05, 0.1) is 12.2 Å². The smallest absolute Gasteiger partial charge is 0.187 e. The number of rotatable bonds is 3. The summed E-state index contributed by atoms with van der Waals surface area (Å²) in [5, 5.41) is 11.4. The summed E-state index contributed by atoms with van der Waals surface area (Å²) in [5.41, 5.74) is 0.554. The van der Waals surface area contributed by atoms with Crippen molar-refractivity contribution in [2.45, 2.75) is 39.2 Å². The third-order valence-electron chi connectivity index (χ3n) is 4.87. The first kappa shape index (κ1) is 12.8. The van der Waals surface area contributed by atoms with Gasteiger partial charge in [-0.25, -0.2) is 4.68 Å². The summed E-state index contributed by atoms with van der Waals surface area (Å²) in [6.07, 6.45) is 4.98. The van der Waals surface area contributed by atoms with Gasteiger partial charge in [0.15, 0.2) is 5.78 Å². The first-order valence-electron chi connectivity index (χ1n) is 7.32. The molecule has 19 heavy (non-hydrogen) atoms. The van der Waals surface area contributed by atoms with E-state index in [9.17, 15) is 4.79 Å². The van der Waals surface area contributed by atoms with E-state index in [1.54, 1.807) is 0 Å². The molecule has 5 heteroatoms. The highest BCUT2D eigenvalue weighted by Crippen LogP contribution is 2.34. The number of carbonyl (C=O) groups excluding carboxylic acids is 1. The second-order valence-corrected chi connectivity index (χ2v) is 6.22. The van der Waals surface area contributed by atoms with Crippen LogP contribution in [0.4, 0.5) is 0 Å². The molecule has 1 saturated heterocycles. The molecular formula is C14H22N4O. The van der Waals surface area contributed by atoms with E-state index < -0.39 is 0 Å². The van der Waals surface area contributed by atoms with Gasteiger partial charge in [-0.15, -0.1) is 5.10 Å². The molecular weight excluding hydrogens is 240 g/mol. The van der Waals surface area contributed by atoms with Crippen LogP contribution in [-0.2, 0) is 0 Å². The quantitative estimate of drug-likeness (QED) is 0.842. The predicted molar refractivity (Wildman–Crippen MR) is 71.9 cm³/mol. The summed E-state index contributed by atoms with van der Waals surface area (Å²) in [7, 11) is 0. The van der Waals surface area contributed by atoms with Crippen molar-refractivity contribution in [3.05, 3.63) is 11.9 Å². The van der Waals surface area contributed by atoms with E-state index in [2.05, 4.69) is 29.5 Å². The number of ketones is 1. The number of nitrogens with one attached hydrogen (secondary N) is 1. The molecule has 104 valence electrons. The molecule has 0 radical (unpaired) electrons. The maximum absolute atomic E-state index is 12.5. The summed E-state index contributed by atoms with van der Waals surface area (Å²) in [5.74, 6) is 1.71. The second-order valence-electron chi connectivity index (χ2n) is 6.22. The lowest BCUT2D eigenvalue weighted by molar-refractivity contribution is 0.0832. The van der Waals surface area contributed by atoms with E-state index in [1.165, 1.54) is 0 Å². The average molecular weight is 262 g/mol. The molecule has 1 N–H and O–H groups in total. The number of carbonyl (C=O) groups is 1.